The van der Waals surface area contributed by atoms with Gasteiger partial charge >= 0.3 is 0 Å². The molecule has 2 aliphatic rings. The van der Waals surface area contributed by atoms with Crippen LogP contribution in [0.5, 0.6) is 0 Å². The predicted octanol–water partition coefficient (Wildman–Crippen LogP) is 5.78. The lowest BCUT2D eigenvalue weighted by atomic mass is 9.89. The van der Waals surface area contributed by atoms with Crippen LogP contribution >= 0.6 is 11.6 Å². The Hall–Kier alpha value is -1.84. The third kappa shape index (κ3) is 4.42. The van der Waals surface area contributed by atoms with Gasteiger partial charge in [0, 0.05) is 13.2 Å². The third-order valence-corrected chi connectivity index (χ3v) is 6.42. The Morgan fingerprint density at radius 1 is 1.07 bits per heavy atom. The number of pyridine rings is 1. The Labute approximate surface area is 173 Å². The van der Waals surface area contributed by atoms with Gasteiger partial charge in [0.25, 0.3) is 0 Å². The van der Waals surface area contributed by atoms with Crippen molar-refractivity contribution in [2.75, 3.05) is 25.0 Å². The summed E-state index contributed by atoms with van der Waals surface area (Å²) in [7, 11) is 2.07. The Morgan fingerprint density at radius 3 is 2.68 bits per heavy atom. The topological polar surface area (TPSA) is 28.2 Å². The monoisotopic (exact) mass is 395 g/mol. The van der Waals surface area contributed by atoms with Crippen LogP contribution in [0.4, 0.5) is 11.5 Å². The highest BCUT2D eigenvalue weighted by atomic mass is 35.5. The Morgan fingerprint density at radius 2 is 1.89 bits per heavy atom. The van der Waals surface area contributed by atoms with Crippen molar-refractivity contribution >= 4 is 29.2 Å². The maximum absolute atomic E-state index is 6.63. The van der Waals surface area contributed by atoms with Gasteiger partial charge in [0.15, 0.2) is 0 Å². The molecule has 1 N–H and O–H groups in total. The molecule has 0 saturated heterocycles. The summed E-state index contributed by atoms with van der Waals surface area (Å²) in [5, 5.41) is 4.28. The van der Waals surface area contributed by atoms with Gasteiger partial charge in [-0.3, -0.25) is 0 Å². The van der Waals surface area contributed by atoms with Crippen molar-refractivity contribution in [2.45, 2.75) is 44.9 Å². The number of anilines is 2. The number of nitrogens with zero attached hydrogens (tertiary/aromatic N) is 2. The smallest absolute Gasteiger partial charge is 0.132 e. The maximum atomic E-state index is 6.63. The fourth-order valence-electron chi connectivity index (χ4n) is 4.47. The molecule has 2 aromatic rings. The molecule has 0 unspecified atom stereocenters. The molecular formula is C24H30ClN3. The zero-order valence-corrected chi connectivity index (χ0v) is 17.5. The number of hydrogen-bond acceptors (Lipinski definition) is 3. The van der Waals surface area contributed by atoms with E-state index >= 15 is 0 Å². The highest BCUT2D eigenvalue weighted by molar-refractivity contribution is 6.33. The first kappa shape index (κ1) is 19.5. The highest BCUT2D eigenvalue weighted by Gasteiger charge is 2.19. The standard InChI is InChI=1S/C24H30ClN3/c1-28(24-21-14-16-26-15-13-20(21)10-11-22(24)25)23-12-9-19(17-27-23)8-7-18-5-3-2-4-6-18/h7-12,17-18,26H,2-6,13-16H2,1H3/b8-7-. The molecule has 148 valence electrons. The number of halogens is 1. The maximum Gasteiger partial charge on any atom is 0.132 e. The second-order valence-corrected chi connectivity index (χ2v) is 8.46. The van der Waals surface area contributed by atoms with E-state index in [0.29, 0.717) is 0 Å². The zero-order valence-electron chi connectivity index (χ0n) is 16.8. The number of hydrogen-bond donors (Lipinski definition) is 1. The number of fused-ring (bicyclic) bond motifs is 1. The lowest BCUT2D eigenvalue weighted by Crippen LogP contribution is -2.17. The van der Waals surface area contributed by atoms with Gasteiger partial charge in [0.05, 0.1) is 10.7 Å². The van der Waals surface area contributed by atoms with Crippen LogP contribution in [0.25, 0.3) is 6.08 Å². The molecule has 0 spiro atoms. The van der Waals surface area contributed by atoms with Crippen molar-refractivity contribution in [1.82, 2.24) is 10.3 Å². The Balaban J connectivity index is 1.54. The molecule has 1 aromatic carbocycles. The van der Waals surface area contributed by atoms with Crippen molar-refractivity contribution in [2.24, 2.45) is 5.92 Å². The van der Waals surface area contributed by atoms with Gasteiger partial charge in [0.2, 0.25) is 0 Å². The Kier molecular flexibility index (Phi) is 6.33. The number of rotatable bonds is 4. The number of benzene rings is 1. The van der Waals surface area contributed by atoms with Crippen LogP contribution in [0.3, 0.4) is 0 Å². The number of nitrogens with one attached hydrogen (secondary N) is 1. The average molecular weight is 396 g/mol. The van der Waals surface area contributed by atoms with Crippen molar-refractivity contribution in [3.05, 3.63) is 58.3 Å². The number of aromatic nitrogens is 1. The fourth-order valence-corrected chi connectivity index (χ4v) is 4.77. The van der Waals surface area contributed by atoms with Gasteiger partial charge in [-0.25, -0.2) is 4.98 Å². The van der Waals surface area contributed by atoms with E-state index in [9.17, 15) is 0 Å². The highest BCUT2D eigenvalue weighted by Crippen LogP contribution is 2.36. The molecule has 1 aliphatic carbocycles. The largest absolute Gasteiger partial charge is 0.328 e. The van der Waals surface area contributed by atoms with Crippen LogP contribution in [0, 0.1) is 5.92 Å². The van der Waals surface area contributed by atoms with E-state index < -0.39 is 0 Å². The molecule has 0 radical (unpaired) electrons. The number of allylic oxidation sites excluding steroid dienone is 1. The molecule has 1 aliphatic heterocycles. The first-order chi connectivity index (χ1) is 13.7. The second-order valence-electron chi connectivity index (χ2n) is 8.05. The lowest BCUT2D eigenvalue weighted by Gasteiger charge is -2.24. The van der Waals surface area contributed by atoms with E-state index in [1.165, 1.54) is 48.8 Å². The molecule has 0 amide bonds. The normalized spacial score (nSPS) is 18.1. The van der Waals surface area contributed by atoms with Crippen molar-refractivity contribution in [3.8, 4) is 0 Å². The summed E-state index contributed by atoms with van der Waals surface area (Å²) < 4.78 is 0. The minimum atomic E-state index is 0.739. The van der Waals surface area contributed by atoms with Crippen LogP contribution in [0.1, 0.15) is 48.8 Å². The molecule has 0 atom stereocenters. The minimum absolute atomic E-state index is 0.739. The molecule has 3 nitrogen and oxygen atoms in total. The molecule has 2 heterocycles. The second kappa shape index (κ2) is 9.11. The van der Waals surface area contributed by atoms with Gasteiger partial charge in [-0.2, -0.15) is 0 Å². The van der Waals surface area contributed by atoms with Crippen molar-refractivity contribution in [1.29, 1.82) is 0 Å². The van der Waals surface area contributed by atoms with E-state index in [-0.39, 0.29) is 0 Å². The fraction of sp³-hybridized carbons (Fsp3) is 0.458. The molecule has 28 heavy (non-hydrogen) atoms. The molecule has 4 heteroatoms. The quantitative estimate of drug-likeness (QED) is 0.710. The molecule has 1 fully saturated rings. The van der Waals surface area contributed by atoms with Crippen LogP contribution in [0.2, 0.25) is 5.02 Å². The molecule has 4 rings (SSSR count). The zero-order chi connectivity index (χ0) is 19.3. The molecule has 0 bridgehead atoms. The van der Waals surface area contributed by atoms with E-state index in [2.05, 4.69) is 47.6 Å². The van der Waals surface area contributed by atoms with E-state index in [1.807, 2.05) is 12.3 Å². The Bertz CT molecular complexity index is 822. The summed E-state index contributed by atoms with van der Waals surface area (Å²) in [4.78, 5) is 6.87. The average Bonchev–Trinajstić information content (AvgIpc) is 2.98. The van der Waals surface area contributed by atoms with Crippen molar-refractivity contribution < 1.29 is 0 Å². The van der Waals surface area contributed by atoms with Crippen LogP contribution in [0.15, 0.2) is 36.5 Å². The minimum Gasteiger partial charge on any atom is -0.328 e. The van der Waals surface area contributed by atoms with E-state index in [0.717, 1.165) is 48.4 Å². The lowest BCUT2D eigenvalue weighted by molar-refractivity contribution is 0.420. The molecular weight excluding hydrogens is 366 g/mol. The van der Waals surface area contributed by atoms with Gasteiger partial charge in [-0.1, -0.05) is 49.1 Å². The third-order valence-electron chi connectivity index (χ3n) is 6.11. The first-order valence-electron chi connectivity index (χ1n) is 10.6. The summed E-state index contributed by atoms with van der Waals surface area (Å²) in [6.45, 7) is 2.02. The summed E-state index contributed by atoms with van der Waals surface area (Å²) >= 11 is 6.63. The summed E-state index contributed by atoms with van der Waals surface area (Å²) in [6, 6.07) is 8.47. The van der Waals surface area contributed by atoms with E-state index in [4.69, 9.17) is 16.6 Å². The van der Waals surface area contributed by atoms with Crippen LogP contribution in [-0.4, -0.2) is 25.1 Å². The summed E-state index contributed by atoms with van der Waals surface area (Å²) in [6.07, 6.45) is 15.4. The first-order valence-corrected chi connectivity index (χ1v) is 11.0. The van der Waals surface area contributed by atoms with E-state index in [1.54, 1.807) is 0 Å². The summed E-state index contributed by atoms with van der Waals surface area (Å²) in [5.74, 6) is 1.67. The van der Waals surface area contributed by atoms with Gasteiger partial charge < -0.3 is 10.2 Å². The van der Waals surface area contributed by atoms with Gasteiger partial charge in [-0.15, -0.1) is 0 Å². The van der Waals surface area contributed by atoms with Gasteiger partial charge in [-0.05, 0) is 79.6 Å². The SMILES string of the molecule is CN(c1ccc(/C=C\C2CCCCC2)cn1)c1c(Cl)ccc2c1CCNCC2. The van der Waals surface area contributed by atoms with Crippen molar-refractivity contribution in [3.63, 3.8) is 0 Å². The van der Waals surface area contributed by atoms with Crippen LogP contribution < -0.4 is 10.2 Å². The molecule has 1 aromatic heterocycles. The van der Waals surface area contributed by atoms with Gasteiger partial charge in [0.1, 0.15) is 5.82 Å². The van der Waals surface area contributed by atoms with Crippen LogP contribution in [-0.2, 0) is 12.8 Å². The molecule has 1 saturated carbocycles. The predicted molar refractivity (Wildman–Crippen MR) is 120 cm³/mol. The summed E-state index contributed by atoms with van der Waals surface area (Å²) in [5.41, 5.74) is 5.01.